The van der Waals surface area contributed by atoms with Crippen molar-refractivity contribution in [3.63, 3.8) is 0 Å². The smallest absolute Gasteiger partial charge is 0.235 e. The molecule has 0 aliphatic rings. The Morgan fingerprint density at radius 2 is 2.06 bits per heavy atom. The summed E-state index contributed by atoms with van der Waals surface area (Å²) in [6.45, 7) is 5.98. The maximum atomic E-state index is 11.2. The minimum absolute atomic E-state index is 0.434. The van der Waals surface area contributed by atoms with Crippen LogP contribution in [0.4, 0.5) is 0 Å². The van der Waals surface area contributed by atoms with E-state index < -0.39 is 17.4 Å². The fourth-order valence-electron chi connectivity index (χ4n) is 1.73. The summed E-state index contributed by atoms with van der Waals surface area (Å²) >= 11 is 0. The average Bonchev–Trinajstić information content (AvgIpc) is 2.27. The molecule has 88 valence electrons. The second kappa shape index (κ2) is 4.66. The summed E-state index contributed by atoms with van der Waals surface area (Å²) in [5.74, 6) is -0.466. The molecule has 1 aromatic carbocycles. The lowest BCUT2D eigenvalue weighted by Crippen LogP contribution is -2.50. The normalized spacial score (nSPS) is 13.5. The first-order chi connectivity index (χ1) is 7.39. The van der Waals surface area contributed by atoms with Crippen LogP contribution in [0.3, 0.4) is 0 Å². The van der Waals surface area contributed by atoms with E-state index in [1.807, 2.05) is 26.0 Å². The maximum Gasteiger partial charge on any atom is 0.235 e. The molecule has 0 saturated carbocycles. The molecular weight excluding hydrogens is 200 g/mol. The van der Waals surface area contributed by atoms with Gasteiger partial charge in [-0.05, 0) is 17.5 Å². The highest BCUT2D eigenvalue weighted by molar-refractivity contribution is 5.81. The van der Waals surface area contributed by atoms with E-state index in [4.69, 9.17) is 11.5 Å². The topological polar surface area (TPSA) is 69.1 Å². The molecule has 4 N–H and O–H groups in total. The molecule has 3 nitrogen and oxygen atoms in total. The highest BCUT2D eigenvalue weighted by Crippen LogP contribution is 2.26. The Labute approximate surface area is 96.8 Å². The molecule has 3 heteroatoms. The van der Waals surface area contributed by atoms with E-state index in [-0.39, 0.29) is 0 Å². The van der Waals surface area contributed by atoms with E-state index in [1.165, 1.54) is 5.56 Å². The van der Waals surface area contributed by atoms with E-state index in [0.29, 0.717) is 0 Å². The van der Waals surface area contributed by atoms with Gasteiger partial charge in [0.15, 0.2) is 0 Å². The monoisotopic (exact) mass is 220 g/mol. The van der Waals surface area contributed by atoms with Crippen molar-refractivity contribution >= 4 is 5.91 Å². The first-order valence-corrected chi connectivity index (χ1v) is 5.54. The van der Waals surface area contributed by atoms with Crippen LogP contribution in [0.1, 0.15) is 31.9 Å². The zero-order valence-corrected chi connectivity index (χ0v) is 10.2. The van der Waals surface area contributed by atoms with Crippen LogP contribution in [0.5, 0.6) is 0 Å². The fourth-order valence-corrected chi connectivity index (χ4v) is 1.73. The lowest BCUT2D eigenvalue weighted by atomic mass is 9.77. The fraction of sp³-hybridized carbons (Fsp3) is 0.462. The molecule has 0 aromatic heterocycles. The molecule has 0 heterocycles. The van der Waals surface area contributed by atoms with Gasteiger partial charge in [-0.2, -0.15) is 0 Å². The van der Waals surface area contributed by atoms with Gasteiger partial charge in [0.05, 0.1) is 6.04 Å². The van der Waals surface area contributed by atoms with Gasteiger partial charge >= 0.3 is 0 Å². The molecule has 0 fully saturated rings. The van der Waals surface area contributed by atoms with Gasteiger partial charge in [-0.15, -0.1) is 0 Å². The first-order valence-electron chi connectivity index (χ1n) is 5.54. The van der Waals surface area contributed by atoms with Crippen LogP contribution in [-0.4, -0.2) is 11.9 Å². The minimum atomic E-state index is -0.667. The number of carbonyl (C=O) groups excluding carboxylic acids is 1. The van der Waals surface area contributed by atoms with Gasteiger partial charge in [-0.3, -0.25) is 4.79 Å². The van der Waals surface area contributed by atoms with Gasteiger partial charge in [-0.1, -0.05) is 45.0 Å². The van der Waals surface area contributed by atoms with Gasteiger partial charge in [0.1, 0.15) is 0 Å². The highest BCUT2D eigenvalue weighted by atomic mass is 16.1. The minimum Gasteiger partial charge on any atom is -0.368 e. The number of amides is 1. The van der Waals surface area contributed by atoms with Crippen LogP contribution >= 0.6 is 0 Å². The number of primary amides is 1. The Bertz CT molecular complexity index is 385. The quantitative estimate of drug-likeness (QED) is 0.804. The average molecular weight is 220 g/mol. The molecular formula is C13H20N2O. The van der Waals surface area contributed by atoms with Crippen molar-refractivity contribution in [2.24, 2.45) is 11.5 Å². The Balaban J connectivity index is 3.10. The number of aryl methyl sites for hydroxylation is 1. The van der Waals surface area contributed by atoms with E-state index >= 15 is 0 Å². The molecule has 1 amide bonds. The third-order valence-electron chi connectivity index (χ3n) is 3.16. The third-order valence-corrected chi connectivity index (χ3v) is 3.16. The number of hydrogen-bond acceptors (Lipinski definition) is 2. The summed E-state index contributed by atoms with van der Waals surface area (Å²) in [4.78, 5) is 11.2. The van der Waals surface area contributed by atoms with Gasteiger partial charge in [0.25, 0.3) is 0 Å². The predicted octanol–water partition coefficient (Wildman–Crippen LogP) is 1.34. The SMILES string of the molecule is CCc1cccc(C(C)(C)C(N)C(N)=O)c1. The van der Waals surface area contributed by atoms with E-state index in [1.54, 1.807) is 0 Å². The lowest BCUT2D eigenvalue weighted by Gasteiger charge is -2.30. The molecule has 0 saturated heterocycles. The Morgan fingerprint density at radius 3 is 2.56 bits per heavy atom. The Hall–Kier alpha value is -1.35. The van der Waals surface area contributed by atoms with Gasteiger partial charge < -0.3 is 11.5 Å². The zero-order chi connectivity index (χ0) is 12.3. The van der Waals surface area contributed by atoms with Gasteiger partial charge in [0.2, 0.25) is 5.91 Å². The van der Waals surface area contributed by atoms with Crippen molar-refractivity contribution in [2.75, 3.05) is 0 Å². The lowest BCUT2D eigenvalue weighted by molar-refractivity contribution is -0.120. The Morgan fingerprint density at radius 1 is 1.44 bits per heavy atom. The molecule has 1 atom stereocenters. The summed E-state index contributed by atoms with van der Waals surface area (Å²) in [6, 6.07) is 7.46. The summed E-state index contributed by atoms with van der Waals surface area (Å²) in [7, 11) is 0. The van der Waals surface area contributed by atoms with Crippen LogP contribution in [-0.2, 0) is 16.6 Å². The summed E-state index contributed by atoms with van der Waals surface area (Å²) < 4.78 is 0. The molecule has 0 aliphatic carbocycles. The number of hydrogen-bond donors (Lipinski definition) is 2. The number of carbonyl (C=O) groups is 1. The predicted molar refractivity (Wildman–Crippen MR) is 66.0 cm³/mol. The molecule has 0 radical (unpaired) electrons. The molecule has 1 unspecified atom stereocenters. The van der Waals surface area contributed by atoms with Crippen molar-refractivity contribution in [2.45, 2.75) is 38.6 Å². The summed E-state index contributed by atoms with van der Waals surface area (Å²) in [5.41, 5.74) is 13.0. The molecule has 0 aliphatic heterocycles. The van der Waals surface area contributed by atoms with E-state index in [9.17, 15) is 4.79 Å². The third kappa shape index (κ3) is 2.42. The van der Waals surface area contributed by atoms with Crippen molar-refractivity contribution < 1.29 is 4.79 Å². The summed E-state index contributed by atoms with van der Waals surface area (Å²) in [5, 5.41) is 0. The van der Waals surface area contributed by atoms with Crippen LogP contribution in [0.15, 0.2) is 24.3 Å². The number of nitrogens with two attached hydrogens (primary N) is 2. The molecule has 0 bridgehead atoms. The van der Waals surface area contributed by atoms with Crippen LogP contribution in [0, 0.1) is 0 Å². The van der Waals surface area contributed by atoms with Gasteiger partial charge in [-0.25, -0.2) is 0 Å². The maximum absolute atomic E-state index is 11.2. The number of rotatable bonds is 4. The molecule has 16 heavy (non-hydrogen) atoms. The second-order valence-corrected chi connectivity index (χ2v) is 4.66. The van der Waals surface area contributed by atoms with Crippen LogP contribution in [0.25, 0.3) is 0 Å². The highest BCUT2D eigenvalue weighted by Gasteiger charge is 2.32. The summed E-state index contributed by atoms with van der Waals surface area (Å²) in [6.07, 6.45) is 0.968. The van der Waals surface area contributed by atoms with Crippen LogP contribution < -0.4 is 11.5 Å². The van der Waals surface area contributed by atoms with Crippen molar-refractivity contribution in [1.82, 2.24) is 0 Å². The molecule has 0 spiro atoms. The largest absolute Gasteiger partial charge is 0.368 e. The molecule has 1 rings (SSSR count). The first kappa shape index (κ1) is 12.7. The van der Waals surface area contributed by atoms with Crippen LogP contribution in [0.2, 0.25) is 0 Å². The molecule has 1 aromatic rings. The second-order valence-electron chi connectivity index (χ2n) is 4.66. The van der Waals surface area contributed by atoms with Crippen molar-refractivity contribution in [3.8, 4) is 0 Å². The standard InChI is InChI=1S/C13H20N2O/c1-4-9-6-5-7-10(8-9)13(2,3)11(14)12(15)16/h5-8,11H,4,14H2,1-3H3,(H2,15,16). The van der Waals surface area contributed by atoms with Crippen molar-refractivity contribution in [3.05, 3.63) is 35.4 Å². The van der Waals surface area contributed by atoms with E-state index in [0.717, 1.165) is 12.0 Å². The Kier molecular flexibility index (Phi) is 3.70. The number of benzene rings is 1. The van der Waals surface area contributed by atoms with Gasteiger partial charge in [0, 0.05) is 5.41 Å². The van der Waals surface area contributed by atoms with Crippen molar-refractivity contribution in [1.29, 1.82) is 0 Å². The van der Waals surface area contributed by atoms with E-state index in [2.05, 4.69) is 19.1 Å². The zero-order valence-electron chi connectivity index (χ0n) is 10.2.